The van der Waals surface area contributed by atoms with Gasteiger partial charge in [0.25, 0.3) is 0 Å². The highest BCUT2D eigenvalue weighted by Crippen LogP contribution is 2.23. The zero-order valence-electron chi connectivity index (χ0n) is 15.7. The first-order valence-corrected chi connectivity index (χ1v) is 8.60. The number of benzene rings is 1. The molecule has 0 saturated heterocycles. The van der Waals surface area contributed by atoms with Gasteiger partial charge in [-0.2, -0.15) is 10.2 Å². The van der Waals surface area contributed by atoms with E-state index in [-0.39, 0.29) is 0 Å². The van der Waals surface area contributed by atoms with E-state index in [0.29, 0.717) is 17.0 Å². The average Bonchev–Trinajstić information content (AvgIpc) is 3.14. The SMILES string of the molecule is Cc1cccc(C=NNc2ncnc3c2nc(C)n3-c2cc(C)n(C)n2)c1. The van der Waals surface area contributed by atoms with Crippen LogP contribution in [0, 0.1) is 20.8 Å². The summed E-state index contributed by atoms with van der Waals surface area (Å²) >= 11 is 0. The number of fused-ring (bicyclic) bond motifs is 1. The van der Waals surface area contributed by atoms with Gasteiger partial charge in [-0.25, -0.2) is 15.0 Å². The smallest absolute Gasteiger partial charge is 0.177 e. The lowest BCUT2D eigenvalue weighted by Crippen LogP contribution is -2.01. The van der Waals surface area contributed by atoms with Crippen LogP contribution in [0.5, 0.6) is 0 Å². The minimum atomic E-state index is 0.554. The van der Waals surface area contributed by atoms with Crippen molar-refractivity contribution in [2.24, 2.45) is 12.1 Å². The molecule has 3 heterocycles. The molecule has 0 fully saturated rings. The molecule has 0 spiro atoms. The van der Waals surface area contributed by atoms with Crippen molar-refractivity contribution in [3.63, 3.8) is 0 Å². The zero-order valence-corrected chi connectivity index (χ0v) is 15.7. The Morgan fingerprint density at radius 1 is 1.11 bits per heavy atom. The van der Waals surface area contributed by atoms with Crippen molar-refractivity contribution in [1.82, 2.24) is 29.3 Å². The monoisotopic (exact) mass is 360 g/mol. The highest BCUT2D eigenvalue weighted by Gasteiger charge is 2.16. The van der Waals surface area contributed by atoms with Gasteiger partial charge in [-0.3, -0.25) is 14.7 Å². The van der Waals surface area contributed by atoms with Crippen LogP contribution >= 0.6 is 0 Å². The number of nitrogens with zero attached hydrogens (tertiary/aromatic N) is 7. The van der Waals surface area contributed by atoms with Crippen molar-refractivity contribution in [2.75, 3.05) is 5.43 Å². The third kappa shape index (κ3) is 3.17. The van der Waals surface area contributed by atoms with Crippen LogP contribution in [-0.4, -0.2) is 35.5 Å². The first-order chi connectivity index (χ1) is 13.0. The lowest BCUT2D eigenvalue weighted by atomic mass is 10.2. The summed E-state index contributed by atoms with van der Waals surface area (Å²) in [6.45, 7) is 5.98. The number of aryl methyl sites for hydroxylation is 4. The van der Waals surface area contributed by atoms with Crippen LogP contribution < -0.4 is 5.43 Å². The van der Waals surface area contributed by atoms with Gasteiger partial charge in [0.05, 0.1) is 6.21 Å². The molecule has 0 unspecified atom stereocenters. The zero-order chi connectivity index (χ0) is 19.0. The highest BCUT2D eigenvalue weighted by molar-refractivity contribution is 5.86. The molecule has 0 aliphatic carbocycles. The number of rotatable bonds is 4. The number of hydrazone groups is 1. The number of hydrogen-bond acceptors (Lipinski definition) is 6. The molecule has 0 aliphatic rings. The first kappa shape index (κ1) is 16.9. The van der Waals surface area contributed by atoms with E-state index in [1.54, 1.807) is 6.21 Å². The lowest BCUT2D eigenvalue weighted by molar-refractivity contribution is 0.726. The van der Waals surface area contributed by atoms with Crippen LogP contribution in [0.4, 0.5) is 5.82 Å². The van der Waals surface area contributed by atoms with Gasteiger partial charge in [-0.05, 0) is 26.3 Å². The minimum absolute atomic E-state index is 0.554. The summed E-state index contributed by atoms with van der Waals surface area (Å²) in [6.07, 6.45) is 3.26. The van der Waals surface area contributed by atoms with Gasteiger partial charge in [0, 0.05) is 18.8 Å². The Balaban J connectivity index is 1.70. The van der Waals surface area contributed by atoms with Gasteiger partial charge >= 0.3 is 0 Å². The fraction of sp³-hybridized carbons (Fsp3) is 0.211. The summed E-state index contributed by atoms with van der Waals surface area (Å²) in [4.78, 5) is 13.3. The Morgan fingerprint density at radius 2 is 1.96 bits per heavy atom. The van der Waals surface area contributed by atoms with Gasteiger partial charge in [0.1, 0.15) is 12.2 Å². The minimum Gasteiger partial charge on any atom is -0.271 e. The maximum absolute atomic E-state index is 4.62. The van der Waals surface area contributed by atoms with Gasteiger partial charge in [0.15, 0.2) is 22.8 Å². The molecule has 136 valence electrons. The normalized spacial score (nSPS) is 11.6. The van der Waals surface area contributed by atoms with E-state index in [4.69, 9.17) is 0 Å². The molecular formula is C19H20N8. The van der Waals surface area contributed by atoms with E-state index in [1.807, 2.05) is 61.3 Å². The Hall–Kier alpha value is -3.55. The molecule has 4 rings (SSSR count). The molecule has 8 heteroatoms. The van der Waals surface area contributed by atoms with Crippen molar-refractivity contribution in [3.8, 4) is 5.82 Å². The van der Waals surface area contributed by atoms with Gasteiger partial charge < -0.3 is 0 Å². The van der Waals surface area contributed by atoms with E-state index in [0.717, 1.165) is 22.9 Å². The topological polar surface area (TPSA) is 85.8 Å². The standard InChI is InChI=1S/C19H20N8/c1-12-6-5-7-15(8-12)10-22-24-18-17-19(21-11-20-18)27(14(3)23-17)16-9-13(2)26(4)25-16/h5-11H,1-4H3,(H,20,21,24). The predicted octanol–water partition coefficient (Wildman–Crippen LogP) is 2.92. The molecule has 0 saturated carbocycles. The molecule has 1 aromatic carbocycles. The fourth-order valence-electron chi connectivity index (χ4n) is 2.93. The quantitative estimate of drug-likeness (QED) is 0.447. The molecule has 0 radical (unpaired) electrons. The van der Waals surface area contributed by atoms with Crippen molar-refractivity contribution < 1.29 is 0 Å². The van der Waals surface area contributed by atoms with Gasteiger partial charge in [-0.15, -0.1) is 0 Å². The Kier molecular flexibility index (Phi) is 4.15. The summed E-state index contributed by atoms with van der Waals surface area (Å²) < 4.78 is 3.74. The molecule has 0 aliphatic heterocycles. The molecular weight excluding hydrogens is 340 g/mol. The maximum atomic E-state index is 4.62. The van der Waals surface area contributed by atoms with Crippen molar-refractivity contribution in [3.05, 3.63) is 59.3 Å². The summed E-state index contributed by atoms with van der Waals surface area (Å²) in [5.74, 6) is 2.12. The van der Waals surface area contributed by atoms with E-state index in [9.17, 15) is 0 Å². The Labute approximate surface area is 156 Å². The molecule has 1 N–H and O–H groups in total. The second kappa shape index (κ2) is 6.64. The largest absolute Gasteiger partial charge is 0.271 e. The molecule has 3 aromatic heterocycles. The number of anilines is 1. The second-order valence-electron chi connectivity index (χ2n) is 6.44. The summed E-state index contributed by atoms with van der Waals surface area (Å²) in [5, 5.41) is 8.83. The lowest BCUT2D eigenvalue weighted by Gasteiger charge is -2.02. The van der Waals surface area contributed by atoms with E-state index < -0.39 is 0 Å². The summed E-state index contributed by atoms with van der Waals surface area (Å²) in [5.41, 5.74) is 7.58. The van der Waals surface area contributed by atoms with E-state index in [2.05, 4.69) is 36.6 Å². The Morgan fingerprint density at radius 3 is 2.70 bits per heavy atom. The fourth-order valence-corrected chi connectivity index (χ4v) is 2.93. The second-order valence-corrected chi connectivity index (χ2v) is 6.44. The number of hydrogen-bond donors (Lipinski definition) is 1. The van der Waals surface area contributed by atoms with Crippen LogP contribution in [-0.2, 0) is 7.05 Å². The third-order valence-corrected chi connectivity index (χ3v) is 4.37. The van der Waals surface area contributed by atoms with E-state index >= 15 is 0 Å². The molecule has 0 amide bonds. The van der Waals surface area contributed by atoms with Crippen molar-refractivity contribution in [1.29, 1.82) is 0 Å². The third-order valence-electron chi connectivity index (χ3n) is 4.37. The van der Waals surface area contributed by atoms with Crippen molar-refractivity contribution in [2.45, 2.75) is 20.8 Å². The number of nitrogens with one attached hydrogen (secondary N) is 1. The van der Waals surface area contributed by atoms with Gasteiger partial charge in [0.2, 0.25) is 0 Å². The Bertz CT molecular complexity index is 1130. The molecule has 8 nitrogen and oxygen atoms in total. The maximum Gasteiger partial charge on any atom is 0.177 e. The predicted molar refractivity (Wildman–Crippen MR) is 105 cm³/mol. The number of imidazole rings is 1. The number of aromatic nitrogens is 6. The first-order valence-electron chi connectivity index (χ1n) is 8.60. The van der Waals surface area contributed by atoms with Gasteiger partial charge in [-0.1, -0.05) is 29.8 Å². The van der Waals surface area contributed by atoms with E-state index in [1.165, 1.54) is 11.9 Å². The molecule has 0 atom stereocenters. The molecule has 0 bridgehead atoms. The van der Waals surface area contributed by atoms with Crippen LogP contribution in [0.1, 0.15) is 22.6 Å². The molecule has 27 heavy (non-hydrogen) atoms. The average molecular weight is 360 g/mol. The van der Waals surface area contributed by atoms with Crippen LogP contribution in [0.25, 0.3) is 17.0 Å². The highest BCUT2D eigenvalue weighted by atomic mass is 15.3. The summed E-state index contributed by atoms with van der Waals surface area (Å²) in [6, 6.07) is 10.1. The van der Waals surface area contributed by atoms with Crippen LogP contribution in [0.3, 0.4) is 0 Å². The van der Waals surface area contributed by atoms with Crippen LogP contribution in [0.2, 0.25) is 0 Å². The van der Waals surface area contributed by atoms with Crippen LogP contribution in [0.15, 0.2) is 41.8 Å². The summed E-state index contributed by atoms with van der Waals surface area (Å²) in [7, 11) is 1.91. The van der Waals surface area contributed by atoms with Crippen molar-refractivity contribution >= 4 is 23.2 Å². The molecule has 4 aromatic rings.